The zero-order valence-corrected chi connectivity index (χ0v) is 11.5. The first-order valence-corrected chi connectivity index (χ1v) is 6.19. The number of carbonyl (C=O) groups excluding carboxylic acids is 1. The van der Waals surface area contributed by atoms with Crippen LogP contribution in [0.3, 0.4) is 0 Å². The zero-order chi connectivity index (χ0) is 13.3. The van der Waals surface area contributed by atoms with Crippen LogP contribution in [0.4, 0.5) is 0 Å². The fourth-order valence-corrected chi connectivity index (χ4v) is 1.84. The molecule has 1 N–H and O–H groups in total. The van der Waals surface area contributed by atoms with Crippen LogP contribution in [0.15, 0.2) is 0 Å². The van der Waals surface area contributed by atoms with Gasteiger partial charge < -0.3 is 14.6 Å². The normalized spacial score (nSPS) is 13.5. The molecule has 0 heterocycles. The summed E-state index contributed by atoms with van der Waals surface area (Å²) in [5.74, 6) is 0.162. The molecule has 0 aromatic carbocycles. The third-order valence-corrected chi connectivity index (χ3v) is 2.20. The topological polar surface area (TPSA) is 55.8 Å². The van der Waals surface area contributed by atoms with Crippen molar-refractivity contribution in [3.05, 3.63) is 0 Å². The van der Waals surface area contributed by atoms with E-state index in [0.717, 1.165) is 6.42 Å². The summed E-state index contributed by atoms with van der Waals surface area (Å²) in [4.78, 5) is 11.4. The van der Waals surface area contributed by atoms with Gasteiger partial charge in [-0.15, -0.1) is 0 Å². The van der Waals surface area contributed by atoms with Gasteiger partial charge in [0.15, 0.2) is 0 Å². The highest BCUT2D eigenvalue weighted by atomic mass is 16.6. The number of rotatable bonds is 8. The van der Waals surface area contributed by atoms with Gasteiger partial charge >= 0.3 is 5.97 Å². The molecule has 1 unspecified atom stereocenters. The van der Waals surface area contributed by atoms with E-state index in [-0.39, 0.29) is 31.2 Å². The van der Waals surface area contributed by atoms with E-state index in [9.17, 15) is 4.79 Å². The monoisotopic (exact) mass is 246 g/mol. The quantitative estimate of drug-likeness (QED) is 0.526. The highest BCUT2D eigenvalue weighted by Gasteiger charge is 2.18. The Balaban J connectivity index is 3.58. The van der Waals surface area contributed by atoms with Crippen molar-refractivity contribution in [2.45, 2.75) is 40.5 Å². The molecule has 4 nitrogen and oxygen atoms in total. The predicted octanol–water partition coefficient (Wildman–Crippen LogP) is 2.00. The van der Waals surface area contributed by atoms with E-state index >= 15 is 0 Å². The van der Waals surface area contributed by atoms with Gasteiger partial charge in [0.1, 0.15) is 6.61 Å². The van der Waals surface area contributed by atoms with Gasteiger partial charge in [-0.05, 0) is 17.8 Å². The Labute approximate surface area is 104 Å². The van der Waals surface area contributed by atoms with E-state index in [1.54, 1.807) is 0 Å². The maximum atomic E-state index is 11.4. The SMILES string of the molecule is CC(CC(=O)OCCOCCO)CC(C)(C)C. The first-order chi connectivity index (χ1) is 7.85. The molecule has 0 aromatic heterocycles. The zero-order valence-electron chi connectivity index (χ0n) is 11.5. The third-order valence-electron chi connectivity index (χ3n) is 2.20. The van der Waals surface area contributed by atoms with Gasteiger partial charge in [-0.3, -0.25) is 4.79 Å². The summed E-state index contributed by atoms with van der Waals surface area (Å²) < 4.78 is 10.0. The van der Waals surface area contributed by atoms with E-state index in [4.69, 9.17) is 14.6 Å². The number of esters is 1. The van der Waals surface area contributed by atoms with E-state index < -0.39 is 0 Å². The van der Waals surface area contributed by atoms with Crippen LogP contribution in [0.1, 0.15) is 40.5 Å². The molecule has 0 saturated heterocycles. The van der Waals surface area contributed by atoms with Crippen LogP contribution in [0.25, 0.3) is 0 Å². The molecule has 0 aliphatic rings. The van der Waals surface area contributed by atoms with Gasteiger partial charge in [0.05, 0.1) is 19.8 Å². The predicted molar refractivity (Wildman–Crippen MR) is 66.7 cm³/mol. The summed E-state index contributed by atoms with van der Waals surface area (Å²) in [7, 11) is 0. The van der Waals surface area contributed by atoms with Crippen molar-refractivity contribution in [3.63, 3.8) is 0 Å². The number of hydrogen-bond acceptors (Lipinski definition) is 4. The average Bonchev–Trinajstić information content (AvgIpc) is 2.14. The molecule has 0 amide bonds. The van der Waals surface area contributed by atoms with Crippen molar-refractivity contribution in [2.24, 2.45) is 11.3 Å². The first kappa shape index (κ1) is 16.4. The minimum Gasteiger partial charge on any atom is -0.463 e. The number of carbonyl (C=O) groups is 1. The largest absolute Gasteiger partial charge is 0.463 e. The second kappa shape index (κ2) is 8.48. The molecule has 0 aliphatic heterocycles. The number of aliphatic hydroxyl groups is 1. The van der Waals surface area contributed by atoms with Crippen LogP contribution in [0, 0.1) is 11.3 Å². The lowest BCUT2D eigenvalue weighted by molar-refractivity contribution is -0.146. The Kier molecular flexibility index (Phi) is 8.17. The van der Waals surface area contributed by atoms with E-state index in [2.05, 4.69) is 27.7 Å². The average molecular weight is 246 g/mol. The third kappa shape index (κ3) is 11.6. The lowest BCUT2D eigenvalue weighted by atomic mass is 9.84. The van der Waals surface area contributed by atoms with E-state index in [1.807, 2.05) is 0 Å². The van der Waals surface area contributed by atoms with Crippen LogP contribution in [0.5, 0.6) is 0 Å². The van der Waals surface area contributed by atoms with Crippen LogP contribution in [-0.2, 0) is 14.3 Å². The Morgan fingerprint density at radius 2 is 1.88 bits per heavy atom. The standard InChI is InChI=1S/C13H26O4/c1-11(10-13(2,3)4)9-12(15)17-8-7-16-6-5-14/h11,14H,5-10H2,1-4H3. The number of ether oxygens (including phenoxy) is 2. The van der Waals surface area contributed by atoms with Crippen LogP contribution in [-0.4, -0.2) is 37.5 Å². The first-order valence-electron chi connectivity index (χ1n) is 6.19. The summed E-state index contributed by atoms with van der Waals surface area (Å²) in [6.07, 6.45) is 1.46. The molecule has 17 heavy (non-hydrogen) atoms. The summed E-state index contributed by atoms with van der Waals surface area (Å²) in [6, 6.07) is 0. The van der Waals surface area contributed by atoms with Crippen molar-refractivity contribution in [3.8, 4) is 0 Å². The summed E-state index contributed by atoms with van der Waals surface area (Å²) in [5, 5.41) is 8.47. The van der Waals surface area contributed by atoms with Gasteiger partial charge in [-0.1, -0.05) is 27.7 Å². The van der Waals surface area contributed by atoms with Gasteiger partial charge in [0.25, 0.3) is 0 Å². The number of aliphatic hydroxyl groups excluding tert-OH is 1. The second-order valence-corrected chi connectivity index (χ2v) is 5.63. The Bertz CT molecular complexity index is 208. The van der Waals surface area contributed by atoms with Gasteiger partial charge in [0, 0.05) is 6.42 Å². The molecule has 1 atom stereocenters. The molecule has 0 spiro atoms. The Morgan fingerprint density at radius 3 is 2.41 bits per heavy atom. The maximum absolute atomic E-state index is 11.4. The molecule has 0 rings (SSSR count). The second-order valence-electron chi connectivity index (χ2n) is 5.63. The smallest absolute Gasteiger partial charge is 0.306 e. The maximum Gasteiger partial charge on any atom is 0.306 e. The molecule has 0 aromatic rings. The minimum absolute atomic E-state index is 0.00341. The van der Waals surface area contributed by atoms with E-state index in [1.165, 1.54) is 0 Å². The van der Waals surface area contributed by atoms with Crippen LogP contribution < -0.4 is 0 Å². The van der Waals surface area contributed by atoms with Crippen molar-refractivity contribution in [2.75, 3.05) is 26.4 Å². The molecule has 0 aliphatic carbocycles. The molecular formula is C13H26O4. The fourth-order valence-electron chi connectivity index (χ4n) is 1.84. The van der Waals surface area contributed by atoms with Crippen molar-refractivity contribution < 1.29 is 19.4 Å². The highest BCUT2D eigenvalue weighted by molar-refractivity contribution is 5.69. The summed E-state index contributed by atoms with van der Waals surface area (Å²) in [6.45, 7) is 9.46. The Hall–Kier alpha value is -0.610. The lowest BCUT2D eigenvalue weighted by Gasteiger charge is -2.22. The molecule has 4 heteroatoms. The Morgan fingerprint density at radius 1 is 1.24 bits per heavy atom. The highest BCUT2D eigenvalue weighted by Crippen LogP contribution is 2.25. The molecule has 0 fully saturated rings. The van der Waals surface area contributed by atoms with Crippen LogP contribution >= 0.6 is 0 Å². The molecule has 0 saturated carbocycles. The summed E-state index contributed by atoms with van der Waals surface area (Å²) >= 11 is 0. The van der Waals surface area contributed by atoms with Crippen molar-refractivity contribution >= 4 is 5.97 Å². The lowest BCUT2D eigenvalue weighted by Crippen LogP contribution is -2.17. The molecule has 0 radical (unpaired) electrons. The van der Waals surface area contributed by atoms with Crippen molar-refractivity contribution in [1.29, 1.82) is 0 Å². The summed E-state index contributed by atoms with van der Waals surface area (Å²) in [5.41, 5.74) is 0.240. The van der Waals surface area contributed by atoms with Gasteiger partial charge in [-0.2, -0.15) is 0 Å². The molecule has 102 valence electrons. The number of hydrogen-bond donors (Lipinski definition) is 1. The molecule has 0 bridgehead atoms. The molecular weight excluding hydrogens is 220 g/mol. The van der Waals surface area contributed by atoms with Crippen LogP contribution in [0.2, 0.25) is 0 Å². The van der Waals surface area contributed by atoms with Gasteiger partial charge in [-0.25, -0.2) is 0 Å². The van der Waals surface area contributed by atoms with E-state index in [0.29, 0.717) is 18.9 Å². The van der Waals surface area contributed by atoms with Crippen molar-refractivity contribution in [1.82, 2.24) is 0 Å². The minimum atomic E-state index is -0.172. The fraction of sp³-hybridized carbons (Fsp3) is 0.923. The van der Waals surface area contributed by atoms with Gasteiger partial charge in [0.2, 0.25) is 0 Å².